The Labute approximate surface area is 90.0 Å². The number of hydrogen-bond donors (Lipinski definition) is 2. The molecule has 5 nitrogen and oxygen atoms in total. The van der Waals surface area contributed by atoms with Gasteiger partial charge in [0.15, 0.2) is 0 Å². The molecule has 2 unspecified atom stereocenters. The molecule has 0 bridgehead atoms. The third-order valence-electron chi connectivity index (χ3n) is 2.72. The highest BCUT2D eigenvalue weighted by molar-refractivity contribution is 5.95. The molecule has 2 atom stereocenters. The Hall–Kier alpha value is -1.10. The van der Waals surface area contributed by atoms with Gasteiger partial charge in [-0.2, -0.15) is 0 Å². The van der Waals surface area contributed by atoms with Gasteiger partial charge in [0.2, 0.25) is 11.8 Å². The molecule has 1 fully saturated rings. The fourth-order valence-corrected chi connectivity index (χ4v) is 1.64. The van der Waals surface area contributed by atoms with Gasteiger partial charge in [-0.15, -0.1) is 0 Å². The summed E-state index contributed by atoms with van der Waals surface area (Å²) in [4.78, 5) is 24.9. The zero-order valence-electron chi connectivity index (χ0n) is 9.49. The van der Waals surface area contributed by atoms with E-state index in [9.17, 15) is 9.59 Å². The zero-order valence-corrected chi connectivity index (χ0v) is 9.49. The summed E-state index contributed by atoms with van der Waals surface area (Å²) in [6.07, 6.45) is 0. The van der Waals surface area contributed by atoms with Crippen LogP contribution >= 0.6 is 0 Å². The van der Waals surface area contributed by atoms with Crippen molar-refractivity contribution in [3.63, 3.8) is 0 Å². The number of nitrogens with zero attached hydrogens (tertiary/aromatic N) is 1. The summed E-state index contributed by atoms with van der Waals surface area (Å²) in [6, 6.07) is -0.481. The van der Waals surface area contributed by atoms with Crippen LogP contribution in [-0.2, 0) is 9.59 Å². The molecule has 1 aliphatic heterocycles. The van der Waals surface area contributed by atoms with Crippen LogP contribution in [0.1, 0.15) is 20.8 Å². The Bertz CT molecular complexity index is 265. The van der Waals surface area contributed by atoms with E-state index in [2.05, 4.69) is 5.32 Å². The summed E-state index contributed by atoms with van der Waals surface area (Å²) in [5.74, 6) is -0.0228. The van der Waals surface area contributed by atoms with Crippen molar-refractivity contribution in [2.45, 2.75) is 32.9 Å². The molecule has 15 heavy (non-hydrogen) atoms. The van der Waals surface area contributed by atoms with Gasteiger partial charge in [0.25, 0.3) is 0 Å². The van der Waals surface area contributed by atoms with Crippen molar-refractivity contribution in [3.05, 3.63) is 0 Å². The Morgan fingerprint density at radius 3 is 2.53 bits per heavy atom. The molecule has 0 spiro atoms. The molecule has 0 aromatic rings. The molecule has 0 aromatic carbocycles. The summed E-state index contributed by atoms with van der Waals surface area (Å²) >= 11 is 0. The van der Waals surface area contributed by atoms with Crippen molar-refractivity contribution in [3.8, 4) is 0 Å². The van der Waals surface area contributed by atoms with Crippen LogP contribution < -0.4 is 11.1 Å². The van der Waals surface area contributed by atoms with Crippen molar-refractivity contribution in [2.75, 3.05) is 13.1 Å². The number of carbonyl (C=O) groups is 2. The first-order chi connectivity index (χ1) is 6.97. The average Bonchev–Trinajstić information content (AvgIpc) is 2.19. The minimum absolute atomic E-state index is 0.0254. The lowest BCUT2D eigenvalue weighted by Gasteiger charge is -2.37. The minimum Gasteiger partial charge on any atom is -0.343 e. The summed E-state index contributed by atoms with van der Waals surface area (Å²) in [5.41, 5.74) is 5.51. The second-order valence-electron chi connectivity index (χ2n) is 4.34. The second-order valence-corrected chi connectivity index (χ2v) is 4.34. The number of rotatable bonds is 3. The molecule has 3 N–H and O–H groups in total. The fraction of sp³-hybridized carbons (Fsp3) is 0.800. The van der Waals surface area contributed by atoms with E-state index < -0.39 is 6.04 Å². The van der Waals surface area contributed by atoms with Crippen molar-refractivity contribution in [2.24, 2.45) is 11.7 Å². The van der Waals surface area contributed by atoms with Crippen LogP contribution in [0.5, 0.6) is 0 Å². The summed E-state index contributed by atoms with van der Waals surface area (Å²) < 4.78 is 0. The molecule has 1 rings (SSSR count). The molecule has 0 aromatic heterocycles. The average molecular weight is 213 g/mol. The number of hydrogen-bond acceptors (Lipinski definition) is 3. The Kier molecular flexibility index (Phi) is 3.68. The quantitative estimate of drug-likeness (QED) is 0.652. The van der Waals surface area contributed by atoms with Crippen LogP contribution in [0.2, 0.25) is 0 Å². The fourth-order valence-electron chi connectivity index (χ4n) is 1.64. The first-order valence-electron chi connectivity index (χ1n) is 5.27. The largest absolute Gasteiger partial charge is 0.343 e. The third-order valence-corrected chi connectivity index (χ3v) is 2.72. The van der Waals surface area contributed by atoms with Gasteiger partial charge in [0.05, 0.1) is 6.54 Å². The van der Waals surface area contributed by atoms with E-state index in [-0.39, 0.29) is 30.3 Å². The molecule has 1 saturated heterocycles. The van der Waals surface area contributed by atoms with Crippen LogP contribution in [0, 0.1) is 5.92 Å². The van der Waals surface area contributed by atoms with Crippen LogP contribution in [-0.4, -0.2) is 41.9 Å². The van der Waals surface area contributed by atoms with Gasteiger partial charge >= 0.3 is 0 Å². The highest BCUT2D eigenvalue weighted by Gasteiger charge is 2.36. The van der Waals surface area contributed by atoms with Crippen molar-refractivity contribution in [1.82, 2.24) is 10.2 Å². The molecule has 2 amide bonds. The number of carbonyl (C=O) groups excluding carboxylic acids is 2. The highest BCUT2D eigenvalue weighted by atomic mass is 16.2. The normalized spacial score (nSPS) is 24.3. The van der Waals surface area contributed by atoms with Gasteiger partial charge in [-0.1, -0.05) is 13.8 Å². The van der Waals surface area contributed by atoms with Crippen LogP contribution in [0.15, 0.2) is 0 Å². The van der Waals surface area contributed by atoms with Crippen LogP contribution in [0.4, 0.5) is 0 Å². The molecular formula is C10H19N3O2. The molecule has 1 heterocycles. The first-order valence-corrected chi connectivity index (χ1v) is 5.27. The van der Waals surface area contributed by atoms with E-state index in [1.165, 1.54) is 0 Å². The monoisotopic (exact) mass is 213 g/mol. The maximum atomic E-state index is 12.0. The summed E-state index contributed by atoms with van der Waals surface area (Å²) in [7, 11) is 0. The van der Waals surface area contributed by atoms with E-state index in [0.29, 0.717) is 6.54 Å². The second kappa shape index (κ2) is 4.61. The van der Waals surface area contributed by atoms with Gasteiger partial charge in [0, 0.05) is 12.6 Å². The number of piperazine rings is 1. The Morgan fingerprint density at radius 1 is 1.47 bits per heavy atom. The molecule has 0 radical (unpaired) electrons. The molecule has 0 saturated carbocycles. The SMILES string of the molecule is CC(C)C1NC(=O)CN(C(C)CN)C1=O. The van der Waals surface area contributed by atoms with Crippen LogP contribution in [0.3, 0.4) is 0 Å². The van der Waals surface area contributed by atoms with E-state index in [1.54, 1.807) is 4.90 Å². The minimum atomic E-state index is -0.403. The van der Waals surface area contributed by atoms with Crippen molar-refractivity contribution < 1.29 is 9.59 Å². The van der Waals surface area contributed by atoms with Gasteiger partial charge in [-0.25, -0.2) is 0 Å². The maximum absolute atomic E-state index is 12.0. The topological polar surface area (TPSA) is 75.4 Å². The zero-order chi connectivity index (χ0) is 11.6. The van der Waals surface area contributed by atoms with Gasteiger partial charge < -0.3 is 16.0 Å². The van der Waals surface area contributed by atoms with E-state index in [1.807, 2.05) is 20.8 Å². The lowest BCUT2D eigenvalue weighted by atomic mass is 10.00. The Morgan fingerprint density at radius 2 is 2.07 bits per heavy atom. The van der Waals surface area contributed by atoms with Gasteiger partial charge in [0.1, 0.15) is 6.04 Å². The maximum Gasteiger partial charge on any atom is 0.246 e. The molecular weight excluding hydrogens is 194 g/mol. The predicted molar refractivity (Wildman–Crippen MR) is 57.0 cm³/mol. The Balaban J connectivity index is 2.81. The molecule has 86 valence electrons. The smallest absolute Gasteiger partial charge is 0.246 e. The number of nitrogens with one attached hydrogen (secondary N) is 1. The first kappa shape index (κ1) is 12.0. The van der Waals surface area contributed by atoms with Crippen LogP contribution in [0.25, 0.3) is 0 Å². The van der Waals surface area contributed by atoms with Gasteiger partial charge in [-0.05, 0) is 12.8 Å². The predicted octanol–water partition coefficient (Wildman–Crippen LogP) is -0.683. The van der Waals surface area contributed by atoms with Gasteiger partial charge in [-0.3, -0.25) is 9.59 Å². The molecule has 0 aliphatic carbocycles. The van der Waals surface area contributed by atoms with Crippen molar-refractivity contribution >= 4 is 11.8 Å². The van der Waals surface area contributed by atoms with E-state index in [0.717, 1.165) is 0 Å². The lowest BCUT2D eigenvalue weighted by Crippen LogP contribution is -2.62. The van der Waals surface area contributed by atoms with Crippen molar-refractivity contribution in [1.29, 1.82) is 0 Å². The highest BCUT2D eigenvalue weighted by Crippen LogP contribution is 2.12. The standard InChI is InChI=1S/C10H19N3O2/c1-6(2)9-10(15)13(7(3)4-11)5-8(14)12-9/h6-7,9H,4-5,11H2,1-3H3,(H,12,14). The van der Waals surface area contributed by atoms with E-state index >= 15 is 0 Å². The summed E-state index contributed by atoms with van der Waals surface area (Å²) in [6.45, 7) is 6.19. The van der Waals surface area contributed by atoms with E-state index in [4.69, 9.17) is 5.73 Å². The number of nitrogens with two attached hydrogens (primary N) is 1. The molecule has 1 aliphatic rings. The number of amides is 2. The third kappa shape index (κ3) is 2.47. The molecule has 5 heteroatoms. The lowest BCUT2D eigenvalue weighted by molar-refractivity contribution is -0.147. The summed E-state index contributed by atoms with van der Waals surface area (Å²) in [5, 5.41) is 2.70.